The first-order chi connectivity index (χ1) is 22.7. The first kappa shape index (κ1) is 39.1. The monoisotopic (exact) mass is 718 g/mol. The second-order valence-corrected chi connectivity index (χ2v) is 15.2. The third-order valence-corrected chi connectivity index (χ3v) is 8.61. The van der Waals surface area contributed by atoms with E-state index in [0.29, 0.717) is 23.3 Å². The fourth-order valence-corrected chi connectivity index (χ4v) is 5.92. The van der Waals surface area contributed by atoms with Crippen molar-refractivity contribution in [1.29, 1.82) is 0 Å². The van der Waals surface area contributed by atoms with E-state index in [4.69, 9.17) is 21.1 Å². The van der Waals surface area contributed by atoms with Crippen LogP contribution in [0.1, 0.15) is 78.3 Å². The molecule has 1 aromatic carbocycles. The van der Waals surface area contributed by atoms with E-state index in [1.54, 1.807) is 72.0 Å². The van der Waals surface area contributed by atoms with E-state index in [1.165, 1.54) is 13.0 Å². The van der Waals surface area contributed by atoms with Crippen molar-refractivity contribution in [3.05, 3.63) is 81.0 Å². The van der Waals surface area contributed by atoms with Crippen LogP contribution in [-0.2, 0) is 43.7 Å². The summed E-state index contributed by atoms with van der Waals surface area (Å²) in [5, 5.41) is 6.49. The van der Waals surface area contributed by atoms with Gasteiger partial charge in [-0.15, -0.1) is 0 Å². The lowest BCUT2D eigenvalue weighted by atomic mass is 10.1. The van der Waals surface area contributed by atoms with Gasteiger partial charge in [-0.05, 0) is 84.7 Å². The summed E-state index contributed by atoms with van der Waals surface area (Å²) in [6.07, 6.45) is 1.40. The Morgan fingerprint density at radius 1 is 1.02 bits per heavy atom. The normalized spacial score (nSPS) is 12.6. The molecule has 266 valence electrons. The summed E-state index contributed by atoms with van der Waals surface area (Å²) >= 11 is 6.32. The van der Waals surface area contributed by atoms with Crippen LogP contribution in [-0.4, -0.2) is 63.9 Å². The third-order valence-electron chi connectivity index (χ3n) is 6.74. The number of aromatic nitrogens is 3. The average Bonchev–Trinajstić information content (AvgIpc) is 2.99. The fourth-order valence-electron chi connectivity index (χ4n) is 4.37. The SMILES string of the molecule is CCc1ccc(NC(=O)C(C)n2ncc(Cl)c(CN(C(=O)OC(C)(C)C)C(=O)OC(C)(C)C)c2=O)cc1S(=O)(=O)NCCc1ccccn1. The molecule has 3 rings (SSSR count). The highest BCUT2D eigenvalue weighted by atomic mass is 35.5. The van der Waals surface area contributed by atoms with Crippen LogP contribution in [0.4, 0.5) is 15.3 Å². The van der Waals surface area contributed by atoms with E-state index >= 15 is 0 Å². The lowest BCUT2D eigenvalue weighted by Gasteiger charge is -2.28. The van der Waals surface area contributed by atoms with E-state index in [2.05, 4.69) is 20.1 Å². The molecule has 49 heavy (non-hydrogen) atoms. The molecule has 0 aliphatic heterocycles. The maximum Gasteiger partial charge on any atom is 0.420 e. The second-order valence-electron chi connectivity index (χ2n) is 13.1. The molecule has 3 amide bonds. The van der Waals surface area contributed by atoms with Crippen LogP contribution in [0.5, 0.6) is 0 Å². The molecule has 2 N–H and O–H groups in total. The summed E-state index contributed by atoms with van der Waals surface area (Å²) in [6.45, 7) is 12.4. The second kappa shape index (κ2) is 15.9. The Kier molecular flexibility index (Phi) is 12.7. The molecule has 14 nitrogen and oxygen atoms in total. The zero-order valence-electron chi connectivity index (χ0n) is 28.9. The Morgan fingerprint density at radius 3 is 2.20 bits per heavy atom. The van der Waals surface area contributed by atoms with E-state index in [0.717, 1.165) is 16.6 Å². The molecule has 1 atom stereocenters. The number of rotatable bonds is 11. The number of hydrogen-bond acceptors (Lipinski definition) is 10. The van der Waals surface area contributed by atoms with Gasteiger partial charge in [-0.1, -0.05) is 30.7 Å². The van der Waals surface area contributed by atoms with Gasteiger partial charge in [0.25, 0.3) is 5.56 Å². The Balaban J connectivity index is 1.86. The van der Waals surface area contributed by atoms with Crippen LogP contribution in [0.25, 0.3) is 0 Å². The van der Waals surface area contributed by atoms with Crippen LogP contribution in [0.15, 0.2) is 58.5 Å². The molecule has 2 aromatic heterocycles. The molecule has 3 aromatic rings. The molecular formula is C33H43ClN6O8S. The van der Waals surface area contributed by atoms with Gasteiger partial charge in [0.1, 0.15) is 17.2 Å². The Hall–Kier alpha value is -4.34. The lowest BCUT2D eigenvalue weighted by molar-refractivity contribution is -0.119. The molecule has 0 fully saturated rings. The van der Waals surface area contributed by atoms with Crippen LogP contribution >= 0.6 is 11.6 Å². The number of nitrogens with zero attached hydrogens (tertiary/aromatic N) is 4. The minimum absolute atomic E-state index is 0.00470. The number of carbonyl (C=O) groups excluding carboxylic acids is 3. The molecule has 2 heterocycles. The van der Waals surface area contributed by atoms with Gasteiger partial charge in [0, 0.05) is 30.5 Å². The quantitative estimate of drug-likeness (QED) is 0.266. The van der Waals surface area contributed by atoms with Crippen LogP contribution in [0.2, 0.25) is 5.02 Å². The molecule has 0 saturated carbocycles. The number of imide groups is 1. The first-order valence-corrected chi connectivity index (χ1v) is 17.4. The zero-order valence-corrected chi connectivity index (χ0v) is 30.4. The number of pyridine rings is 1. The number of sulfonamides is 1. The minimum Gasteiger partial charge on any atom is -0.443 e. The molecule has 0 bridgehead atoms. The Labute approximate surface area is 291 Å². The molecule has 1 unspecified atom stereocenters. The summed E-state index contributed by atoms with van der Waals surface area (Å²) in [4.78, 5) is 57.9. The summed E-state index contributed by atoms with van der Waals surface area (Å²) in [7, 11) is -3.96. The number of halogens is 1. The maximum atomic E-state index is 13.6. The van der Waals surface area contributed by atoms with Crippen molar-refractivity contribution >= 4 is 45.4 Å². The van der Waals surface area contributed by atoms with E-state index in [1.807, 2.05) is 13.0 Å². The number of hydrogen-bond donors (Lipinski definition) is 2. The van der Waals surface area contributed by atoms with Gasteiger partial charge in [0.2, 0.25) is 15.9 Å². The lowest BCUT2D eigenvalue weighted by Crippen LogP contribution is -2.45. The molecular weight excluding hydrogens is 676 g/mol. The number of ether oxygens (including phenoxy) is 2. The van der Waals surface area contributed by atoms with Crippen LogP contribution in [0, 0.1) is 0 Å². The number of anilines is 1. The van der Waals surface area contributed by atoms with Gasteiger partial charge in [-0.2, -0.15) is 5.10 Å². The predicted octanol–water partition coefficient (Wildman–Crippen LogP) is 5.25. The van der Waals surface area contributed by atoms with E-state index < -0.39 is 57.5 Å². The molecule has 0 radical (unpaired) electrons. The number of amides is 3. The molecule has 16 heteroatoms. The number of benzene rings is 1. The minimum atomic E-state index is -3.96. The van der Waals surface area contributed by atoms with Crippen molar-refractivity contribution in [3.8, 4) is 0 Å². The highest BCUT2D eigenvalue weighted by Gasteiger charge is 2.33. The first-order valence-electron chi connectivity index (χ1n) is 15.6. The van der Waals surface area contributed by atoms with Gasteiger partial charge in [0.15, 0.2) is 0 Å². The largest absolute Gasteiger partial charge is 0.443 e. The average molecular weight is 719 g/mol. The van der Waals surface area contributed by atoms with Crippen LogP contribution in [0.3, 0.4) is 0 Å². The summed E-state index contributed by atoms with van der Waals surface area (Å²) < 4.78 is 40.7. The Morgan fingerprint density at radius 2 is 1.65 bits per heavy atom. The van der Waals surface area contributed by atoms with E-state index in [9.17, 15) is 27.6 Å². The molecule has 0 aliphatic carbocycles. The fraction of sp³-hybridized carbons (Fsp3) is 0.455. The predicted molar refractivity (Wildman–Crippen MR) is 184 cm³/mol. The van der Waals surface area contributed by atoms with Crippen LogP contribution < -0.4 is 15.6 Å². The molecule has 0 aliphatic rings. The summed E-state index contributed by atoms with van der Waals surface area (Å²) in [6, 6.07) is 8.64. The van der Waals surface area contributed by atoms with Crippen molar-refractivity contribution < 1.29 is 32.3 Å². The van der Waals surface area contributed by atoms with Gasteiger partial charge in [-0.25, -0.2) is 32.3 Å². The highest BCUT2D eigenvalue weighted by Crippen LogP contribution is 2.23. The van der Waals surface area contributed by atoms with Gasteiger partial charge >= 0.3 is 12.2 Å². The van der Waals surface area contributed by atoms with E-state index in [-0.39, 0.29) is 27.7 Å². The molecule has 0 spiro atoms. The Bertz CT molecular complexity index is 1810. The van der Waals surface area contributed by atoms with Crippen molar-refractivity contribution in [2.45, 2.75) is 96.9 Å². The van der Waals surface area contributed by atoms with Gasteiger partial charge in [-0.3, -0.25) is 14.6 Å². The summed E-state index contributed by atoms with van der Waals surface area (Å²) in [5.41, 5.74) is -1.59. The third kappa shape index (κ3) is 11.1. The van der Waals surface area contributed by atoms with Crippen molar-refractivity contribution in [2.75, 3.05) is 11.9 Å². The highest BCUT2D eigenvalue weighted by molar-refractivity contribution is 7.89. The van der Waals surface area contributed by atoms with Gasteiger partial charge in [0.05, 0.1) is 28.2 Å². The van der Waals surface area contributed by atoms with Gasteiger partial charge < -0.3 is 14.8 Å². The smallest absolute Gasteiger partial charge is 0.420 e. The topological polar surface area (TPSA) is 179 Å². The number of carbonyl (C=O) groups is 3. The maximum absolute atomic E-state index is 13.6. The van der Waals surface area contributed by atoms with Crippen molar-refractivity contribution in [3.63, 3.8) is 0 Å². The molecule has 0 saturated heterocycles. The number of nitrogens with one attached hydrogen (secondary N) is 2. The zero-order chi connectivity index (χ0) is 36.7. The number of aryl methyl sites for hydroxylation is 1. The van der Waals surface area contributed by atoms with Crippen molar-refractivity contribution in [1.82, 2.24) is 24.4 Å². The summed E-state index contributed by atoms with van der Waals surface area (Å²) in [5.74, 6) is -0.699. The van der Waals surface area contributed by atoms with Crippen molar-refractivity contribution in [2.24, 2.45) is 0 Å². The standard InChI is InChI=1S/C33H43ClN6O8S/c1-9-22-13-14-24(18-27(22)49(45,46)37-17-15-23-12-10-11-16-35-23)38-28(41)21(2)40-29(42)25(26(34)19-36-40)20-39(30(43)47-32(3,4)5)31(44)48-33(6,7)8/h10-14,16,18-19,21,37H,9,15,17,20H2,1-8H3,(H,38,41).